The summed E-state index contributed by atoms with van der Waals surface area (Å²) in [4.78, 5) is 18.0. The molecule has 0 aliphatic heterocycles. The molecule has 69 heavy (non-hydrogen) atoms. The molecule has 0 N–H and O–H groups in total. The van der Waals surface area contributed by atoms with Crippen LogP contribution >= 0.6 is 0 Å². The summed E-state index contributed by atoms with van der Waals surface area (Å²) in [6, 6.07) is 61.3. The van der Waals surface area contributed by atoms with E-state index in [2.05, 4.69) is 199 Å². The Kier molecular flexibility index (Phi) is 11.1. The molecule has 10 aromatic rings. The molecule has 3 aromatic heterocycles. The Morgan fingerprint density at radius 1 is 0.652 bits per heavy atom. The van der Waals surface area contributed by atoms with Gasteiger partial charge in [-0.3, -0.25) is 0 Å². The molecule has 6 nitrogen and oxygen atoms in total. The number of rotatable bonds is 8. The van der Waals surface area contributed by atoms with E-state index in [1.807, 2.05) is 24.4 Å². The van der Waals surface area contributed by atoms with Gasteiger partial charge in [-0.25, -0.2) is 0 Å². The first-order valence-electron chi connectivity index (χ1n) is 24.4. The fraction of sp³-hybridized carbons (Fsp3) is 0.210. The van der Waals surface area contributed by atoms with Crippen LogP contribution < -0.4 is 4.74 Å². The zero-order chi connectivity index (χ0) is 46.8. The average molecular weight is 1080 g/mol. The molecule has 1 fully saturated rings. The van der Waals surface area contributed by atoms with Gasteiger partial charge in [-0.05, 0) is 41.4 Å². The quantitative estimate of drug-likeness (QED) is 0.143. The molecule has 7 heteroatoms. The molecule has 0 atom stereocenters. The van der Waals surface area contributed by atoms with E-state index in [-0.39, 0.29) is 11.2 Å². The molecule has 0 unspecified atom stereocenters. The molecule has 0 radical (unpaired) electrons. The number of ketones is 1. The Hall–Kier alpha value is -6.88. The van der Waals surface area contributed by atoms with E-state index >= 15 is 0 Å². The molecule has 1 saturated carbocycles. The third-order valence-electron chi connectivity index (χ3n) is 14.4. The summed E-state index contributed by atoms with van der Waals surface area (Å²) >= 11 is 2.49. The van der Waals surface area contributed by atoms with Crippen LogP contribution in [0, 0.1) is 15.9 Å². The molecule has 2 aliphatic rings. The summed E-state index contributed by atoms with van der Waals surface area (Å²) in [6.07, 6.45) is 10.0. The number of nitrogens with zero attached hydrogens (tertiary/aromatic N) is 4. The Morgan fingerprint density at radius 2 is 1.38 bits per heavy atom. The first-order chi connectivity index (χ1) is 33.7. The van der Waals surface area contributed by atoms with Gasteiger partial charge in [-0.15, -0.1) is 0 Å². The molecule has 3 heterocycles. The maximum atomic E-state index is 13.1. The molecule has 0 bridgehead atoms. The average Bonchev–Trinajstić information content (AvgIpc) is 3.86. The van der Waals surface area contributed by atoms with Gasteiger partial charge in [0.15, 0.2) is 0 Å². The number of imidazole rings is 1. The molecular formula is C62H52N4O2Pt-2. The number of para-hydroxylation sites is 2. The second kappa shape index (κ2) is 17.6. The van der Waals surface area contributed by atoms with Crippen molar-refractivity contribution in [2.75, 3.05) is 0 Å². The standard InChI is InChI=1S/C62H52N4O2.Pt/c1-62(2,3)46-32-33-63-59(37-46)66-55-31-26-44(41-16-7-4-8-17-41)35-54(55)52-30-28-50(39-58(52)66)68-49-23-15-22-47(38-49)64-40-65(57-25-14-13-24-56(57)64)61-53(42-18-9-5-10-19-42)36-45-34-48(67)27-29-51(45)60(61)43-20-11-6-12-21-43;/h5-6,9-15,18-26,28,30-33,35-37,41H,4,7-8,16-17,27,29,34H2,1-3H3;/q-2;. The van der Waals surface area contributed by atoms with Crippen LogP contribution in [0.5, 0.6) is 11.5 Å². The second-order valence-corrected chi connectivity index (χ2v) is 20.8. The van der Waals surface area contributed by atoms with Crippen molar-refractivity contribution in [3.8, 4) is 50.9 Å². The van der Waals surface area contributed by atoms with Crippen LogP contribution in [0.2, 0.25) is 0 Å². The first kappa shape index (κ1) is 43.4. The Labute approximate surface area is 414 Å². The molecule has 0 amide bonds. The van der Waals surface area contributed by atoms with E-state index in [4.69, 9.17) is 9.72 Å². The van der Waals surface area contributed by atoms with Crippen LogP contribution in [0.4, 0.5) is 0 Å². The van der Waals surface area contributed by atoms with E-state index < -0.39 is 0 Å². The van der Waals surface area contributed by atoms with Gasteiger partial charge in [0.1, 0.15) is 0 Å². The van der Waals surface area contributed by atoms with Crippen LogP contribution in [0.15, 0.2) is 158 Å². The van der Waals surface area contributed by atoms with E-state index in [0.29, 0.717) is 36.7 Å². The third kappa shape index (κ3) is 7.83. The number of hydrogen-bond donors (Lipinski definition) is 0. The number of ether oxygens (including phenoxy) is 1. The van der Waals surface area contributed by atoms with Gasteiger partial charge in [0, 0.05) is 6.20 Å². The number of carbonyl (C=O) groups is 1. The topological polar surface area (TPSA) is 54.0 Å². The Bertz CT molecular complexity index is 3680. The zero-order valence-electron chi connectivity index (χ0n) is 39.2. The van der Waals surface area contributed by atoms with Crippen LogP contribution in [0.3, 0.4) is 0 Å². The molecule has 7 aromatic carbocycles. The van der Waals surface area contributed by atoms with E-state index in [1.165, 1.54) is 59.7 Å². The summed E-state index contributed by atoms with van der Waals surface area (Å²) in [5.74, 6) is 2.95. The van der Waals surface area contributed by atoms with Gasteiger partial charge < -0.3 is 0 Å². The summed E-state index contributed by atoms with van der Waals surface area (Å²) < 4.78 is 14.7. The summed E-state index contributed by atoms with van der Waals surface area (Å²) in [6.45, 7) is 6.74. The number of Topliss-reactive ketones (excluding diaryl/α,β-unsaturated/α-hetero) is 1. The van der Waals surface area contributed by atoms with Crippen LogP contribution in [-0.4, -0.2) is 24.5 Å². The predicted molar refractivity (Wildman–Crippen MR) is 275 cm³/mol. The number of hydrogen-bond acceptors (Lipinski definition) is 3. The number of benzene rings is 7. The normalized spacial score (nSPS) is 14.5. The van der Waals surface area contributed by atoms with Crippen molar-refractivity contribution >= 4 is 38.6 Å². The first-order valence-corrected chi connectivity index (χ1v) is 25.5. The van der Waals surface area contributed by atoms with Crippen LogP contribution in [-0.2, 0) is 42.4 Å². The Balaban J connectivity index is 1.00. The molecule has 0 spiro atoms. The van der Waals surface area contributed by atoms with E-state index in [1.54, 1.807) is 0 Å². The van der Waals surface area contributed by atoms with Crippen molar-refractivity contribution < 1.29 is 28.9 Å². The van der Waals surface area contributed by atoms with E-state index in [0.717, 1.165) is 70.7 Å². The van der Waals surface area contributed by atoms with Crippen molar-refractivity contribution in [3.05, 3.63) is 196 Å². The predicted octanol–water partition coefficient (Wildman–Crippen LogP) is 15.1. The number of pyridine rings is 1. The van der Waals surface area contributed by atoms with Gasteiger partial charge in [0.25, 0.3) is 0 Å². The van der Waals surface area contributed by atoms with Gasteiger partial charge in [-0.1, -0.05) is 46.1 Å². The van der Waals surface area contributed by atoms with Gasteiger partial charge in [0.05, 0.1) is 0 Å². The van der Waals surface area contributed by atoms with Crippen molar-refractivity contribution in [1.29, 1.82) is 0 Å². The van der Waals surface area contributed by atoms with Gasteiger partial charge in [0.2, 0.25) is 0 Å². The molecule has 12 rings (SSSR count). The van der Waals surface area contributed by atoms with Crippen LogP contribution in [0.25, 0.3) is 72.3 Å². The molecular weight excluding hydrogens is 1030 g/mol. The summed E-state index contributed by atoms with van der Waals surface area (Å²) in [7, 11) is 0. The van der Waals surface area contributed by atoms with Crippen molar-refractivity contribution in [1.82, 2.24) is 18.7 Å². The van der Waals surface area contributed by atoms with E-state index in [9.17, 15) is 4.79 Å². The SMILES string of the molecule is CC(C)(C)c1ccnc(-n2c3[c-]c(Oc4[c-]c(-n5[c](=[Pt])n(-c6c(-c7ccccc7)cc7c(c6-c6ccccc6)CCC(=O)C7)c6ccccc65)ccc4)ccc3c3cc(C4CCCCC4)ccc32)c1. The Morgan fingerprint density at radius 3 is 2.14 bits per heavy atom. The van der Waals surface area contributed by atoms with Crippen molar-refractivity contribution in [3.63, 3.8) is 0 Å². The summed E-state index contributed by atoms with van der Waals surface area (Å²) in [5, 5.41) is 2.35. The fourth-order valence-electron chi connectivity index (χ4n) is 11.0. The monoisotopic (exact) mass is 1080 g/mol. The number of carbonyl (C=O) groups excluding carboxylic acids is 1. The number of fused-ring (bicyclic) bond motifs is 5. The van der Waals surface area contributed by atoms with Crippen LogP contribution in [0.1, 0.15) is 87.5 Å². The van der Waals surface area contributed by atoms with Crippen molar-refractivity contribution in [2.45, 2.75) is 83.5 Å². The third-order valence-corrected chi connectivity index (χ3v) is 15.4. The maximum absolute atomic E-state index is 13.1. The minimum atomic E-state index is -0.0395. The van der Waals surface area contributed by atoms with Crippen molar-refractivity contribution in [2.24, 2.45) is 0 Å². The van der Waals surface area contributed by atoms with Gasteiger partial charge in [-0.2, -0.15) is 0 Å². The zero-order valence-corrected chi connectivity index (χ0v) is 41.4. The molecule has 2 aliphatic carbocycles. The molecule has 344 valence electrons. The fourth-order valence-corrected chi connectivity index (χ4v) is 12.1. The minimum absolute atomic E-state index is 0.0395. The molecule has 0 saturated heterocycles. The summed E-state index contributed by atoms with van der Waals surface area (Å²) in [5.41, 5.74) is 15.6. The second-order valence-electron chi connectivity index (χ2n) is 19.8. The number of aromatic nitrogens is 4. The van der Waals surface area contributed by atoms with Gasteiger partial charge >= 0.3 is 323 Å².